The van der Waals surface area contributed by atoms with E-state index in [9.17, 15) is 14.4 Å². The van der Waals surface area contributed by atoms with E-state index in [0.29, 0.717) is 11.7 Å². The van der Waals surface area contributed by atoms with E-state index in [-0.39, 0.29) is 5.91 Å². The lowest BCUT2D eigenvalue weighted by Crippen LogP contribution is -2.37. The van der Waals surface area contributed by atoms with E-state index in [1.807, 2.05) is 29.2 Å². The standard InChI is InChI=1S/C19H20N4O3/c1-13(24)21-8-5-15(6-9-21)22-10-4-14-12-16(2-3-17(14)22)23-11-7-18(25)20-19(23)26/h2-4,7,10-12,15H,5-6,8-9H2,1H3,(H,20,25,26). The van der Waals surface area contributed by atoms with Gasteiger partial charge in [0.1, 0.15) is 0 Å². The van der Waals surface area contributed by atoms with Crippen LogP contribution in [-0.4, -0.2) is 38.0 Å². The second kappa shape index (κ2) is 6.33. The first kappa shape index (κ1) is 16.4. The van der Waals surface area contributed by atoms with Gasteiger partial charge in [-0.3, -0.25) is 19.1 Å². The van der Waals surface area contributed by atoms with Gasteiger partial charge in [-0.15, -0.1) is 0 Å². The number of rotatable bonds is 2. The number of aromatic amines is 1. The summed E-state index contributed by atoms with van der Waals surface area (Å²) in [6, 6.07) is 9.55. The van der Waals surface area contributed by atoms with E-state index in [1.54, 1.807) is 6.92 Å². The van der Waals surface area contributed by atoms with Crippen LogP contribution >= 0.6 is 0 Å². The topological polar surface area (TPSA) is 80.1 Å². The number of hydrogen-bond donors (Lipinski definition) is 1. The lowest BCUT2D eigenvalue weighted by molar-refractivity contribution is -0.130. The first-order valence-corrected chi connectivity index (χ1v) is 8.71. The third-order valence-corrected chi connectivity index (χ3v) is 5.11. The van der Waals surface area contributed by atoms with Crippen LogP contribution in [0.25, 0.3) is 16.6 Å². The fraction of sp³-hybridized carbons (Fsp3) is 0.316. The Labute approximate surface area is 149 Å². The summed E-state index contributed by atoms with van der Waals surface area (Å²) in [5.41, 5.74) is 0.957. The average Bonchev–Trinajstić information content (AvgIpc) is 3.05. The summed E-state index contributed by atoms with van der Waals surface area (Å²) >= 11 is 0. The number of fused-ring (bicyclic) bond motifs is 1. The number of aromatic nitrogens is 3. The molecule has 7 heteroatoms. The van der Waals surface area contributed by atoms with E-state index in [4.69, 9.17) is 0 Å². The molecule has 0 saturated carbocycles. The third kappa shape index (κ3) is 2.85. The summed E-state index contributed by atoms with van der Waals surface area (Å²) in [5.74, 6) is 0.136. The van der Waals surface area contributed by atoms with Crippen molar-refractivity contribution in [2.24, 2.45) is 0 Å². The normalized spacial score (nSPS) is 15.5. The maximum Gasteiger partial charge on any atom is 0.332 e. The number of H-pyrrole nitrogens is 1. The molecule has 134 valence electrons. The summed E-state index contributed by atoms with van der Waals surface area (Å²) < 4.78 is 3.68. The third-order valence-electron chi connectivity index (χ3n) is 5.11. The van der Waals surface area contributed by atoms with Crippen LogP contribution < -0.4 is 11.2 Å². The molecule has 0 radical (unpaired) electrons. The van der Waals surface area contributed by atoms with Gasteiger partial charge in [-0.1, -0.05) is 0 Å². The first-order valence-electron chi connectivity index (χ1n) is 8.71. The molecule has 1 N–H and O–H groups in total. The minimum absolute atomic E-state index is 0.136. The summed E-state index contributed by atoms with van der Waals surface area (Å²) in [7, 11) is 0. The number of amides is 1. The van der Waals surface area contributed by atoms with Crippen LogP contribution in [0.3, 0.4) is 0 Å². The van der Waals surface area contributed by atoms with Gasteiger partial charge in [0.05, 0.1) is 5.69 Å². The van der Waals surface area contributed by atoms with Gasteiger partial charge in [-0.25, -0.2) is 4.79 Å². The lowest BCUT2D eigenvalue weighted by Gasteiger charge is -2.32. The van der Waals surface area contributed by atoms with Gasteiger partial charge >= 0.3 is 5.69 Å². The number of nitrogens with one attached hydrogen (secondary N) is 1. The number of nitrogens with zero attached hydrogens (tertiary/aromatic N) is 3. The molecule has 1 amide bonds. The molecule has 3 heterocycles. The Hall–Kier alpha value is -3.09. The zero-order chi connectivity index (χ0) is 18.3. The van der Waals surface area contributed by atoms with Gasteiger partial charge in [0.25, 0.3) is 5.56 Å². The van der Waals surface area contributed by atoms with Gasteiger partial charge in [0, 0.05) is 55.4 Å². The zero-order valence-electron chi connectivity index (χ0n) is 14.5. The van der Waals surface area contributed by atoms with Gasteiger partial charge < -0.3 is 9.47 Å². The number of piperidine rings is 1. The van der Waals surface area contributed by atoms with Crippen LogP contribution in [0.5, 0.6) is 0 Å². The van der Waals surface area contributed by atoms with Crippen molar-refractivity contribution in [2.75, 3.05) is 13.1 Å². The summed E-state index contributed by atoms with van der Waals surface area (Å²) in [6.07, 6.45) is 5.42. The second-order valence-electron chi connectivity index (χ2n) is 6.68. The number of carbonyl (C=O) groups is 1. The Morgan fingerprint density at radius 1 is 1.08 bits per heavy atom. The molecule has 1 aliphatic rings. The molecule has 0 bridgehead atoms. The summed E-state index contributed by atoms with van der Waals surface area (Å²) in [6.45, 7) is 3.18. The molecule has 0 atom stereocenters. The summed E-state index contributed by atoms with van der Waals surface area (Å²) in [5, 5.41) is 1.04. The van der Waals surface area contributed by atoms with Crippen molar-refractivity contribution in [2.45, 2.75) is 25.8 Å². The van der Waals surface area contributed by atoms with Crippen molar-refractivity contribution < 1.29 is 4.79 Å². The van der Waals surface area contributed by atoms with E-state index in [1.165, 1.54) is 16.8 Å². The Balaban J connectivity index is 1.65. The molecule has 1 aromatic carbocycles. The molecule has 3 aromatic rings. The molecule has 1 fully saturated rings. The number of benzene rings is 1. The van der Waals surface area contributed by atoms with Crippen molar-refractivity contribution in [3.8, 4) is 5.69 Å². The Morgan fingerprint density at radius 2 is 1.85 bits per heavy atom. The molecule has 1 aliphatic heterocycles. The monoisotopic (exact) mass is 352 g/mol. The van der Waals surface area contributed by atoms with Gasteiger partial charge in [0.2, 0.25) is 5.91 Å². The maximum absolute atomic E-state index is 12.0. The molecule has 2 aromatic heterocycles. The van der Waals surface area contributed by atoms with Crippen molar-refractivity contribution in [3.63, 3.8) is 0 Å². The van der Waals surface area contributed by atoms with E-state index in [0.717, 1.165) is 36.8 Å². The van der Waals surface area contributed by atoms with Crippen LogP contribution in [0.2, 0.25) is 0 Å². The second-order valence-corrected chi connectivity index (χ2v) is 6.68. The van der Waals surface area contributed by atoms with Crippen LogP contribution in [-0.2, 0) is 4.79 Å². The van der Waals surface area contributed by atoms with Crippen molar-refractivity contribution in [3.05, 3.63) is 63.6 Å². The molecule has 7 nitrogen and oxygen atoms in total. The molecular formula is C19H20N4O3. The molecule has 0 unspecified atom stereocenters. The van der Waals surface area contributed by atoms with Crippen LogP contribution in [0.4, 0.5) is 0 Å². The quantitative estimate of drug-likeness (QED) is 0.762. The highest BCUT2D eigenvalue weighted by atomic mass is 16.2. The van der Waals surface area contributed by atoms with Gasteiger partial charge in [-0.2, -0.15) is 0 Å². The Morgan fingerprint density at radius 3 is 2.54 bits per heavy atom. The lowest BCUT2D eigenvalue weighted by atomic mass is 10.0. The number of carbonyl (C=O) groups excluding carboxylic acids is 1. The summed E-state index contributed by atoms with van der Waals surface area (Å²) in [4.78, 5) is 38.9. The number of hydrogen-bond acceptors (Lipinski definition) is 3. The van der Waals surface area contributed by atoms with Crippen LogP contribution in [0, 0.1) is 0 Å². The average molecular weight is 352 g/mol. The molecule has 0 spiro atoms. The fourth-order valence-corrected chi connectivity index (χ4v) is 3.70. The highest BCUT2D eigenvalue weighted by Gasteiger charge is 2.22. The highest BCUT2D eigenvalue weighted by Crippen LogP contribution is 2.28. The van der Waals surface area contributed by atoms with Crippen molar-refractivity contribution >= 4 is 16.8 Å². The molecule has 0 aliphatic carbocycles. The van der Waals surface area contributed by atoms with Gasteiger partial charge in [0.15, 0.2) is 0 Å². The molecule has 4 rings (SSSR count). The first-order chi connectivity index (χ1) is 12.5. The molecular weight excluding hydrogens is 332 g/mol. The van der Waals surface area contributed by atoms with E-state index in [2.05, 4.69) is 15.7 Å². The minimum Gasteiger partial charge on any atom is -0.344 e. The van der Waals surface area contributed by atoms with Crippen LogP contribution in [0.1, 0.15) is 25.8 Å². The predicted octanol–water partition coefficient (Wildman–Crippen LogP) is 1.66. The molecule has 26 heavy (non-hydrogen) atoms. The maximum atomic E-state index is 12.0. The number of likely N-dealkylation sites (tertiary alicyclic amines) is 1. The smallest absolute Gasteiger partial charge is 0.332 e. The van der Waals surface area contributed by atoms with Gasteiger partial charge in [-0.05, 0) is 37.1 Å². The Kier molecular flexibility index (Phi) is 3.99. The Bertz CT molecular complexity index is 1080. The highest BCUT2D eigenvalue weighted by molar-refractivity contribution is 5.82. The van der Waals surface area contributed by atoms with Crippen molar-refractivity contribution in [1.82, 2.24) is 19.0 Å². The predicted molar refractivity (Wildman–Crippen MR) is 98.7 cm³/mol. The SMILES string of the molecule is CC(=O)N1CCC(n2ccc3cc(-n4ccc(=O)[nH]c4=O)ccc32)CC1. The molecule has 1 saturated heterocycles. The zero-order valence-corrected chi connectivity index (χ0v) is 14.5. The fourth-order valence-electron chi connectivity index (χ4n) is 3.70. The largest absolute Gasteiger partial charge is 0.344 e. The van der Waals surface area contributed by atoms with Crippen LogP contribution in [0.15, 0.2) is 52.3 Å². The minimum atomic E-state index is -0.451. The van der Waals surface area contributed by atoms with E-state index >= 15 is 0 Å². The van der Waals surface area contributed by atoms with Crippen molar-refractivity contribution in [1.29, 1.82) is 0 Å². The van der Waals surface area contributed by atoms with E-state index < -0.39 is 11.2 Å².